The second kappa shape index (κ2) is 6.97. The van der Waals surface area contributed by atoms with Gasteiger partial charge < -0.3 is 5.32 Å². The molecule has 1 aromatic carbocycles. The van der Waals surface area contributed by atoms with Crippen LogP contribution < -0.4 is 5.32 Å². The van der Waals surface area contributed by atoms with Crippen molar-refractivity contribution in [3.05, 3.63) is 34.6 Å². The van der Waals surface area contributed by atoms with E-state index in [1.54, 1.807) is 6.07 Å². The first-order chi connectivity index (χ1) is 8.08. The van der Waals surface area contributed by atoms with Crippen LogP contribution in [-0.4, -0.2) is 6.54 Å². The average Bonchev–Trinajstić information content (AvgIpc) is 2.30. The molecule has 0 heterocycles. The van der Waals surface area contributed by atoms with Crippen LogP contribution in [0.3, 0.4) is 0 Å². The summed E-state index contributed by atoms with van der Waals surface area (Å²) in [5.74, 6) is 0.405. The molecule has 0 aromatic heterocycles. The quantitative estimate of drug-likeness (QED) is 0.787. The van der Waals surface area contributed by atoms with Gasteiger partial charge in [-0.2, -0.15) is 0 Å². The summed E-state index contributed by atoms with van der Waals surface area (Å²) in [5, 5.41) is 3.95. The van der Waals surface area contributed by atoms with E-state index in [9.17, 15) is 4.39 Å². The Hall–Kier alpha value is -0.600. The number of halogens is 2. The van der Waals surface area contributed by atoms with Crippen molar-refractivity contribution in [1.29, 1.82) is 0 Å². The van der Waals surface area contributed by atoms with Crippen LogP contribution in [0.1, 0.15) is 45.2 Å². The summed E-state index contributed by atoms with van der Waals surface area (Å²) in [6.45, 7) is 7.43. The first kappa shape index (κ1) is 14.5. The van der Waals surface area contributed by atoms with E-state index in [4.69, 9.17) is 11.6 Å². The van der Waals surface area contributed by atoms with Crippen LogP contribution in [0.4, 0.5) is 4.39 Å². The van der Waals surface area contributed by atoms with Crippen LogP contribution in [0.25, 0.3) is 0 Å². The molecule has 1 N–H and O–H groups in total. The third-order valence-corrected chi connectivity index (χ3v) is 3.62. The van der Waals surface area contributed by atoms with Gasteiger partial charge in [-0.05, 0) is 37.1 Å². The molecule has 0 bridgehead atoms. The van der Waals surface area contributed by atoms with Crippen LogP contribution in [0, 0.1) is 11.7 Å². The smallest absolute Gasteiger partial charge is 0.124 e. The molecule has 0 radical (unpaired) electrons. The van der Waals surface area contributed by atoms with Gasteiger partial charge in [0.2, 0.25) is 0 Å². The maximum atomic E-state index is 12.9. The fourth-order valence-electron chi connectivity index (χ4n) is 1.88. The zero-order chi connectivity index (χ0) is 12.8. The summed E-state index contributed by atoms with van der Waals surface area (Å²) >= 11 is 6.03. The van der Waals surface area contributed by atoms with Crippen molar-refractivity contribution in [2.24, 2.45) is 5.92 Å². The van der Waals surface area contributed by atoms with Crippen molar-refractivity contribution in [3.63, 3.8) is 0 Å². The van der Waals surface area contributed by atoms with Gasteiger partial charge in [-0.25, -0.2) is 4.39 Å². The topological polar surface area (TPSA) is 12.0 Å². The maximum absolute atomic E-state index is 12.9. The fourth-order valence-corrected chi connectivity index (χ4v) is 2.21. The third kappa shape index (κ3) is 4.29. The molecule has 17 heavy (non-hydrogen) atoms. The van der Waals surface area contributed by atoms with Gasteiger partial charge in [0.15, 0.2) is 0 Å². The number of hydrogen-bond acceptors (Lipinski definition) is 1. The van der Waals surface area contributed by atoms with E-state index in [0.29, 0.717) is 10.9 Å². The van der Waals surface area contributed by atoms with E-state index in [0.717, 1.165) is 12.1 Å². The van der Waals surface area contributed by atoms with Crippen molar-refractivity contribution < 1.29 is 4.39 Å². The lowest BCUT2D eigenvalue weighted by Crippen LogP contribution is -2.25. The molecular formula is C14H21ClFN. The number of benzene rings is 1. The highest BCUT2D eigenvalue weighted by atomic mass is 35.5. The molecule has 1 atom stereocenters. The zero-order valence-corrected chi connectivity index (χ0v) is 11.5. The Labute approximate surface area is 108 Å². The molecule has 0 aliphatic heterocycles. The Morgan fingerprint density at radius 1 is 1.29 bits per heavy atom. The highest BCUT2D eigenvalue weighted by molar-refractivity contribution is 6.31. The molecule has 1 rings (SSSR count). The number of hydrogen-bond donors (Lipinski definition) is 1. The summed E-state index contributed by atoms with van der Waals surface area (Å²) < 4.78 is 12.9. The molecule has 0 amide bonds. The van der Waals surface area contributed by atoms with Gasteiger partial charge in [0.25, 0.3) is 0 Å². The number of nitrogens with one attached hydrogen (secondary N) is 1. The molecule has 1 nitrogen and oxygen atoms in total. The molecule has 0 aliphatic rings. The predicted octanol–water partition coefficient (Wildman–Crippen LogP) is 4.57. The highest BCUT2D eigenvalue weighted by Crippen LogP contribution is 2.24. The maximum Gasteiger partial charge on any atom is 0.124 e. The monoisotopic (exact) mass is 257 g/mol. The van der Waals surface area contributed by atoms with E-state index < -0.39 is 0 Å². The van der Waals surface area contributed by atoms with Gasteiger partial charge in [0.1, 0.15) is 5.82 Å². The highest BCUT2D eigenvalue weighted by Gasteiger charge is 2.11. The molecule has 3 heteroatoms. The van der Waals surface area contributed by atoms with Crippen molar-refractivity contribution in [2.75, 3.05) is 6.54 Å². The van der Waals surface area contributed by atoms with Crippen molar-refractivity contribution in [3.8, 4) is 0 Å². The largest absolute Gasteiger partial charge is 0.310 e. The zero-order valence-electron chi connectivity index (χ0n) is 10.8. The molecule has 0 spiro atoms. The van der Waals surface area contributed by atoms with Gasteiger partial charge in [-0.1, -0.05) is 44.4 Å². The van der Waals surface area contributed by atoms with Crippen LogP contribution >= 0.6 is 11.6 Å². The SMILES string of the molecule is CCC(CC)CNC(C)c1ccc(F)cc1Cl. The summed E-state index contributed by atoms with van der Waals surface area (Å²) in [7, 11) is 0. The molecule has 0 aliphatic carbocycles. The lowest BCUT2D eigenvalue weighted by atomic mass is 10.0. The van der Waals surface area contributed by atoms with E-state index in [2.05, 4.69) is 26.1 Å². The van der Waals surface area contributed by atoms with Crippen LogP contribution in [-0.2, 0) is 0 Å². The Kier molecular flexibility index (Phi) is 5.93. The lowest BCUT2D eigenvalue weighted by molar-refractivity contribution is 0.422. The van der Waals surface area contributed by atoms with Crippen molar-refractivity contribution >= 4 is 11.6 Å². The lowest BCUT2D eigenvalue weighted by Gasteiger charge is -2.19. The van der Waals surface area contributed by atoms with E-state index >= 15 is 0 Å². The normalized spacial score (nSPS) is 13.1. The van der Waals surface area contributed by atoms with E-state index in [1.165, 1.54) is 25.0 Å². The van der Waals surface area contributed by atoms with Gasteiger partial charge in [-0.15, -0.1) is 0 Å². The third-order valence-electron chi connectivity index (χ3n) is 3.30. The standard InChI is InChI=1S/C14H21ClFN/c1-4-11(5-2)9-17-10(3)13-7-6-12(16)8-14(13)15/h6-8,10-11,17H,4-5,9H2,1-3H3. The number of rotatable bonds is 6. The van der Waals surface area contributed by atoms with E-state index in [-0.39, 0.29) is 11.9 Å². The average molecular weight is 258 g/mol. The Balaban J connectivity index is 2.60. The summed E-state index contributed by atoms with van der Waals surface area (Å²) in [5.41, 5.74) is 0.957. The van der Waals surface area contributed by atoms with Crippen LogP contribution in [0.2, 0.25) is 5.02 Å². The van der Waals surface area contributed by atoms with Crippen molar-refractivity contribution in [1.82, 2.24) is 5.32 Å². The van der Waals surface area contributed by atoms with E-state index in [1.807, 2.05) is 0 Å². The Morgan fingerprint density at radius 3 is 2.47 bits per heavy atom. The van der Waals surface area contributed by atoms with Gasteiger partial charge >= 0.3 is 0 Å². The predicted molar refractivity (Wildman–Crippen MR) is 71.9 cm³/mol. The molecule has 0 fully saturated rings. The van der Waals surface area contributed by atoms with Crippen LogP contribution in [0.5, 0.6) is 0 Å². The molecular weight excluding hydrogens is 237 g/mol. The van der Waals surface area contributed by atoms with Crippen LogP contribution in [0.15, 0.2) is 18.2 Å². The molecule has 1 unspecified atom stereocenters. The molecule has 1 aromatic rings. The minimum absolute atomic E-state index is 0.156. The van der Waals surface area contributed by atoms with Gasteiger partial charge in [0, 0.05) is 11.1 Å². The summed E-state index contributed by atoms with van der Waals surface area (Å²) in [6, 6.07) is 4.73. The summed E-state index contributed by atoms with van der Waals surface area (Å²) in [4.78, 5) is 0. The first-order valence-electron chi connectivity index (χ1n) is 6.26. The minimum atomic E-state index is -0.286. The first-order valence-corrected chi connectivity index (χ1v) is 6.64. The van der Waals surface area contributed by atoms with Crippen molar-refractivity contribution in [2.45, 2.75) is 39.7 Å². The Morgan fingerprint density at radius 2 is 1.94 bits per heavy atom. The van der Waals surface area contributed by atoms with Gasteiger partial charge in [0.05, 0.1) is 0 Å². The molecule has 0 saturated heterocycles. The second-order valence-corrected chi connectivity index (χ2v) is 4.89. The van der Waals surface area contributed by atoms with Gasteiger partial charge in [-0.3, -0.25) is 0 Å². The minimum Gasteiger partial charge on any atom is -0.310 e. The summed E-state index contributed by atoms with van der Waals surface area (Å²) in [6.07, 6.45) is 2.35. The molecule has 96 valence electrons. The molecule has 0 saturated carbocycles. The Bertz CT molecular complexity index is 350. The second-order valence-electron chi connectivity index (χ2n) is 4.48. The fraction of sp³-hybridized carbons (Fsp3) is 0.571.